The summed E-state index contributed by atoms with van der Waals surface area (Å²) in [5.41, 5.74) is 3.10. The van der Waals surface area contributed by atoms with E-state index in [2.05, 4.69) is 10.3 Å². The molecule has 106 valence electrons. The summed E-state index contributed by atoms with van der Waals surface area (Å²) in [4.78, 5) is 29.6. The highest BCUT2D eigenvalue weighted by Gasteiger charge is 2.25. The number of rotatable bonds is 2. The van der Waals surface area contributed by atoms with Crippen LogP contribution in [0.25, 0.3) is 0 Å². The van der Waals surface area contributed by atoms with Crippen molar-refractivity contribution in [3.63, 3.8) is 0 Å². The Labute approximate surface area is 122 Å². The molecule has 0 spiro atoms. The number of carbonyl (C=O) groups excluding carboxylic acids is 2. The van der Waals surface area contributed by atoms with Crippen molar-refractivity contribution in [2.45, 2.75) is 13.3 Å². The average Bonchev–Trinajstić information content (AvgIpc) is 2.93. The number of para-hydroxylation sites is 1. The Hall–Kier alpha value is -2.69. The minimum absolute atomic E-state index is 0.0145. The molecule has 1 aliphatic heterocycles. The molecular weight excluding hydrogens is 266 g/mol. The molecule has 0 aliphatic carbocycles. The number of hydrogen-bond acceptors (Lipinski definition) is 3. The van der Waals surface area contributed by atoms with Crippen molar-refractivity contribution in [2.24, 2.45) is 0 Å². The molecule has 2 amide bonds. The largest absolute Gasteiger partial charge is 0.320 e. The van der Waals surface area contributed by atoms with Gasteiger partial charge in [-0.2, -0.15) is 0 Å². The van der Waals surface area contributed by atoms with E-state index < -0.39 is 0 Å². The Morgan fingerprint density at radius 2 is 1.95 bits per heavy atom. The molecule has 21 heavy (non-hydrogen) atoms. The summed E-state index contributed by atoms with van der Waals surface area (Å²) in [6.07, 6.45) is 3.96. The fourth-order valence-corrected chi connectivity index (χ4v) is 2.57. The summed E-state index contributed by atoms with van der Waals surface area (Å²) < 4.78 is 0. The molecule has 0 saturated heterocycles. The van der Waals surface area contributed by atoms with Crippen LogP contribution in [-0.4, -0.2) is 23.3 Å². The molecule has 0 radical (unpaired) electrons. The van der Waals surface area contributed by atoms with Crippen molar-refractivity contribution >= 4 is 23.2 Å². The summed E-state index contributed by atoms with van der Waals surface area (Å²) in [6.45, 7) is 2.20. The zero-order valence-corrected chi connectivity index (χ0v) is 11.7. The van der Waals surface area contributed by atoms with Gasteiger partial charge in [-0.3, -0.25) is 14.6 Å². The van der Waals surface area contributed by atoms with Gasteiger partial charge in [0.25, 0.3) is 5.91 Å². The quantitative estimate of drug-likeness (QED) is 0.918. The van der Waals surface area contributed by atoms with E-state index in [4.69, 9.17) is 0 Å². The number of aromatic nitrogens is 1. The van der Waals surface area contributed by atoms with E-state index in [0.29, 0.717) is 17.8 Å². The predicted octanol–water partition coefficient (Wildman–Crippen LogP) is 2.24. The molecule has 5 heteroatoms. The first-order chi connectivity index (χ1) is 10.2. The van der Waals surface area contributed by atoms with Gasteiger partial charge in [0.15, 0.2) is 0 Å². The van der Waals surface area contributed by atoms with Crippen LogP contribution in [0.5, 0.6) is 0 Å². The lowest BCUT2D eigenvalue weighted by molar-refractivity contribution is -0.116. The Morgan fingerprint density at radius 1 is 1.19 bits per heavy atom. The number of benzene rings is 1. The van der Waals surface area contributed by atoms with E-state index in [0.717, 1.165) is 17.7 Å². The van der Waals surface area contributed by atoms with Crippen LogP contribution in [0.4, 0.5) is 11.4 Å². The molecule has 1 aromatic carbocycles. The maximum atomic E-state index is 12.2. The number of nitrogens with one attached hydrogen (secondary N) is 1. The second kappa shape index (κ2) is 5.36. The van der Waals surface area contributed by atoms with Gasteiger partial charge in [-0.15, -0.1) is 0 Å². The number of anilines is 2. The number of nitrogens with zero attached hydrogens (tertiary/aromatic N) is 2. The molecule has 2 aromatic rings. The Bertz CT molecular complexity index is 698. The van der Waals surface area contributed by atoms with Crippen LogP contribution in [0.3, 0.4) is 0 Å². The van der Waals surface area contributed by atoms with Gasteiger partial charge in [-0.25, -0.2) is 0 Å². The van der Waals surface area contributed by atoms with E-state index in [1.54, 1.807) is 29.4 Å². The van der Waals surface area contributed by atoms with Gasteiger partial charge in [-0.05, 0) is 30.2 Å². The van der Waals surface area contributed by atoms with Gasteiger partial charge in [0.2, 0.25) is 5.91 Å². The molecule has 3 rings (SSSR count). The van der Waals surface area contributed by atoms with E-state index in [1.165, 1.54) is 6.92 Å². The maximum absolute atomic E-state index is 12.2. The number of pyridine rings is 1. The van der Waals surface area contributed by atoms with Crippen LogP contribution in [0.2, 0.25) is 0 Å². The molecule has 5 nitrogen and oxygen atoms in total. The van der Waals surface area contributed by atoms with Crippen LogP contribution in [-0.2, 0) is 11.2 Å². The zero-order chi connectivity index (χ0) is 14.8. The topological polar surface area (TPSA) is 62.3 Å². The van der Waals surface area contributed by atoms with Gasteiger partial charge in [-0.1, -0.05) is 12.1 Å². The number of amides is 2. The van der Waals surface area contributed by atoms with E-state index in [9.17, 15) is 9.59 Å². The van der Waals surface area contributed by atoms with Crippen LogP contribution in [0.15, 0.2) is 42.7 Å². The van der Waals surface area contributed by atoms with Crippen molar-refractivity contribution in [1.29, 1.82) is 0 Å². The smallest absolute Gasteiger partial charge is 0.255 e. The zero-order valence-electron chi connectivity index (χ0n) is 11.7. The van der Waals surface area contributed by atoms with Crippen LogP contribution in [0, 0.1) is 0 Å². The Balaban J connectivity index is 1.92. The third kappa shape index (κ3) is 2.50. The molecule has 0 bridgehead atoms. The molecule has 1 aliphatic rings. The van der Waals surface area contributed by atoms with Crippen molar-refractivity contribution < 1.29 is 9.59 Å². The van der Waals surface area contributed by atoms with E-state index >= 15 is 0 Å². The first-order valence-electron chi connectivity index (χ1n) is 6.78. The SMILES string of the molecule is CC(=O)N1CCc2cccc(NC(=O)c3ccncc3)c21. The lowest BCUT2D eigenvalue weighted by Gasteiger charge is -2.19. The minimum Gasteiger partial charge on any atom is -0.320 e. The first kappa shape index (κ1) is 13.3. The predicted molar refractivity (Wildman–Crippen MR) is 80.4 cm³/mol. The molecule has 0 atom stereocenters. The highest BCUT2D eigenvalue weighted by molar-refractivity contribution is 6.08. The molecule has 0 unspecified atom stereocenters. The summed E-state index contributed by atoms with van der Waals surface area (Å²) >= 11 is 0. The molecule has 0 saturated carbocycles. The van der Waals surface area contributed by atoms with Crippen LogP contribution >= 0.6 is 0 Å². The molecule has 2 heterocycles. The van der Waals surface area contributed by atoms with Gasteiger partial charge in [0, 0.05) is 31.4 Å². The first-order valence-corrected chi connectivity index (χ1v) is 6.78. The monoisotopic (exact) mass is 281 g/mol. The maximum Gasteiger partial charge on any atom is 0.255 e. The highest BCUT2D eigenvalue weighted by Crippen LogP contribution is 2.35. The molecule has 1 aromatic heterocycles. The summed E-state index contributed by atoms with van der Waals surface area (Å²) in [5, 5.41) is 2.88. The lowest BCUT2D eigenvalue weighted by Crippen LogP contribution is -2.27. The van der Waals surface area contributed by atoms with Gasteiger partial charge >= 0.3 is 0 Å². The Kier molecular flexibility index (Phi) is 3.39. The molecule has 1 N–H and O–H groups in total. The van der Waals surface area contributed by atoms with Crippen LogP contribution < -0.4 is 10.2 Å². The second-order valence-corrected chi connectivity index (χ2v) is 4.92. The van der Waals surface area contributed by atoms with Gasteiger partial charge in [0.05, 0.1) is 11.4 Å². The third-order valence-corrected chi connectivity index (χ3v) is 3.57. The number of hydrogen-bond donors (Lipinski definition) is 1. The van der Waals surface area contributed by atoms with Crippen molar-refractivity contribution in [3.05, 3.63) is 53.9 Å². The minimum atomic E-state index is -0.207. The normalized spacial score (nSPS) is 12.9. The standard InChI is InChI=1S/C16H15N3O2/c1-11(20)19-10-7-12-3-2-4-14(15(12)19)18-16(21)13-5-8-17-9-6-13/h2-6,8-9H,7,10H2,1H3,(H,18,21). The molecular formula is C16H15N3O2. The Morgan fingerprint density at radius 3 is 2.67 bits per heavy atom. The lowest BCUT2D eigenvalue weighted by atomic mass is 10.1. The molecule has 0 fully saturated rings. The number of fused-ring (bicyclic) bond motifs is 1. The van der Waals surface area contributed by atoms with E-state index in [1.807, 2.05) is 18.2 Å². The fraction of sp³-hybridized carbons (Fsp3) is 0.188. The summed E-state index contributed by atoms with van der Waals surface area (Å²) in [6, 6.07) is 9.01. The van der Waals surface area contributed by atoms with Crippen LogP contribution in [0.1, 0.15) is 22.8 Å². The van der Waals surface area contributed by atoms with Crippen molar-refractivity contribution in [1.82, 2.24) is 4.98 Å². The van der Waals surface area contributed by atoms with Gasteiger partial charge < -0.3 is 10.2 Å². The fourth-order valence-electron chi connectivity index (χ4n) is 2.57. The van der Waals surface area contributed by atoms with E-state index in [-0.39, 0.29) is 11.8 Å². The number of carbonyl (C=O) groups is 2. The second-order valence-electron chi connectivity index (χ2n) is 4.92. The summed E-state index contributed by atoms with van der Waals surface area (Å²) in [7, 11) is 0. The van der Waals surface area contributed by atoms with Crippen molar-refractivity contribution in [2.75, 3.05) is 16.8 Å². The van der Waals surface area contributed by atoms with Crippen molar-refractivity contribution in [3.8, 4) is 0 Å². The third-order valence-electron chi connectivity index (χ3n) is 3.57. The highest BCUT2D eigenvalue weighted by atomic mass is 16.2. The average molecular weight is 281 g/mol. The van der Waals surface area contributed by atoms with Gasteiger partial charge in [0.1, 0.15) is 0 Å². The summed E-state index contributed by atoms with van der Waals surface area (Å²) in [5.74, 6) is -0.222.